The van der Waals surface area contributed by atoms with Gasteiger partial charge in [0, 0.05) is 11.6 Å². The first-order valence-corrected chi connectivity index (χ1v) is 14.7. The number of benzene rings is 2. The predicted molar refractivity (Wildman–Crippen MR) is 163 cm³/mol. The van der Waals surface area contributed by atoms with Crippen LogP contribution < -0.4 is 19.6 Å². The third-order valence-corrected chi connectivity index (χ3v) is 7.96. The first kappa shape index (κ1) is 30.1. The molecule has 1 aliphatic rings. The molecule has 0 amide bonds. The summed E-state index contributed by atoms with van der Waals surface area (Å²) in [6.45, 7) is 7.69. The molecule has 2 aromatic carbocycles. The van der Waals surface area contributed by atoms with Gasteiger partial charge in [0.2, 0.25) is 0 Å². The maximum atomic E-state index is 13.9. The van der Waals surface area contributed by atoms with E-state index in [9.17, 15) is 14.4 Å². The molecule has 0 saturated carbocycles. The molecule has 0 N–H and O–H groups in total. The summed E-state index contributed by atoms with van der Waals surface area (Å²) in [6, 6.07) is 14.9. The average Bonchev–Trinajstić information content (AvgIpc) is 3.56. The van der Waals surface area contributed by atoms with Crippen LogP contribution in [0, 0.1) is 0 Å². The van der Waals surface area contributed by atoms with Gasteiger partial charge in [0.05, 0.1) is 52.3 Å². The fourth-order valence-electron chi connectivity index (χ4n) is 4.75. The highest BCUT2D eigenvalue weighted by Crippen LogP contribution is 2.32. The number of thiazole rings is 1. The second kappa shape index (κ2) is 12.4. The van der Waals surface area contributed by atoms with Crippen molar-refractivity contribution in [3.8, 4) is 17.1 Å². The lowest BCUT2D eigenvalue weighted by atomic mass is 9.96. The van der Waals surface area contributed by atoms with Crippen LogP contribution in [0.1, 0.15) is 55.4 Å². The first-order chi connectivity index (χ1) is 20.6. The highest BCUT2D eigenvalue weighted by atomic mass is 35.5. The summed E-state index contributed by atoms with van der Waals surface area (Å²) < 4.78 is 23.9. The lowest BCUT2D eigenvalue weighted by molar-refractivity contribution is -0.143. The van der Waals surface area contributed by atoms with Crippen LogP contribution in [0.4, 0.5) is 0 Å². The molecule has 43 heavy (non-hydrogen) atoms. The van der Waals surface area contributed by atoms with Gasteiger partial charge in [0.15, 0.2) is 4.80 Å². The van der Waals surface area contributed by atoms with Crippen LogP contribution in [-0.2, 0) is 14.3 Å². The molecule has 5 rings (SSSR count). The zero-order valence-electron chi connectivity index (χ0n) is 24.2. The van der Waals surface area contributed by atoms with Gasteiger partial charge < -0.3 is 18.6 Å². The Balaban J connectivity index is 1.59. The second-order valence-electron chi connectivity index (χ2n) is 9.93. The third kappa shape index (κ3) is 6.07. The molecule has 11 heteroatoms. The number of aromatic nitrogens is 1. The van der Waals surface area contributed by atoms with Crippen LogP contribution in [0.2, 0.25) is 5.02 Å². The van der Waals surface area contributed by atoms with E-state index >= 15 is 0 Å². The number of hydrogen-bond donors (Lipinski definition) is 0. The highest BCUT2D eigenvalue weighted by molar-refractivity contribution is 7.07. The number of carbonyl (C=O) groups is 2. The van der Waals surface area contributed by atoms with Crippen molar-refractivity contribution in [1.29, 1.82) is 0 Å². The molecule has 3 heterocycles. The van der Waals surface area contributed by atoms with E-state index in [0.717, 1.165) is 0 Å². The minimum absolute atomic E-state index is 0.212. The second-order valence-corrected chi connectivity index (χ2v) is 11.3. The number of fused-ring (bicyclic) bond motifs is 1. The first-order valence-electron chi connectivity index (χ1n) is 13.6. The van der Waals surface area contributed by atoms with E-state index in [-0.39, 0.29) is 22.2 Å². The Kier molecular flexibility index (Phi) is 8.70. The third-order valence-electron chi connectivity index (χ3n) is 6.65. The Labute approximate surface area is 256 Å². The molecule has 2 aromatic heterocycles. The smallest absolute Gasteiger partial charge is 0.339 e. The highest BCUT2D eigenvalue weighted by Gasteiger charge is 2.34. The van der Waals surface area contributed by atoms with Crippen molar-refractivity contribution in [2.24, 2.45) is 4.99 Å². The van der Waals surface area contributed by atoms with Gasteiger partial charge in [0.25, 0.3) is 5.56 Å². The molecule has 1 atom stereocenters. The summed E-state index contributed by atoms with van der Waals surface area (Å²) in [5, 5.41) is 0.262. The fourth-order valence-corrected chi connectivity index (χ4v) is 5.97. The van der Waals surface area contributed by atoms with Gasteiger partial charge in [-0.15, -0.1) is 0 Å². The van der Waals surface area contributed by atoms with Crippen molar-refractivity contribution in [1.82, 2.24) is 4.57 Å². The number of esters is 2. The molecule has 0 aliphatic carbocycles. The Hall–Kier alpha value is -4.41. The van der Waals surface area contributed by atoms with E-state index in [1.165, 1.54) is 23.0 Å². The Morgan fingerprint density at radius 2 is 1.86 bits per heavy atom. The molecule has 0 fully saturated rings. The van der Waals surface area contributed by atoms with E-state index < -0.39 is 18.0 Å². The number of nitrogens with zero attached hydrogens (tertiary/aromatic N) is 2. The maximum Gasteiger partial charge on any atom is 0.339 e. The summed E-state index contributed by atoms with van der Waals surface area (Å²) in [5.41, 5.74) is 1.98. The van der Waals surface area contributed by atoms with Gasteiger partial charge in [-0.1, -0.05) is 35.1 Å². The monoisotopic (exact) mass is 620 g/mol. The standard InChI is InChI=1S/C32H29ClN2O7S/c1-6-40-21-10-7-19(8-11-21)28-27(31(38)41-17(2)3)18(4)34-32-35(28)29(36)26(43-32)16-22-12-14-25(42-22)20-9-13-24(33)23(15-20)30(37)39-5/h7-17,28H,6H2,1-5H3/b26-16+/t28-/m1/s1. The number of halogens is 1. The number of hydrogen-bond acceptors (Lipinski definition) is 9. The topological polar surface area (TPSA) is 109 Å². The number of rotatable bonds is 8. The van der Waals surface area contributed by atoms with E-state index in [4.69, 9.17) is 30.2 Å². The van der Waals surface area contributed by atoms with Crippen LogP contribution in [-0.4, -0.2) is 36.3 Å². The maximum absolute atomic E-state index is 13.9. The lowest BCUT2D eigenvalue weighted by Crippen LogP contribution is -2.40. The number of methoxy groups -OCH3 is 1. The van der Waals surface area contributed by atoms with Crippen molar-refractivity contribution in [2.45, 2.75) is 39.8 Å². The number of ether oxygens (including phenoxy) is 3. The van der Waals surface area contributed by atoms with E-state index in [0.29, 0.717) is 55.6 Å². The average molecular weight is 621 g/mol. The Morgan fingerprint density at radius 1 is 1.12 bits per heavy atom. The van der Waals surface area contributed by atoms with Gasteiger partial charge in [-0.2, -0.15) is 0 Å². The number of allylic oxidation sites excluding steroid dienone is 1. The van der Waals surface area contributed by atoms with Gasteiger partial charge in [-0.05, 0) is 75.7 Å². The summed E-state index contributed by atoms with van der Waals surface area (Å²) >= 11 is 7.35. The molecule has 0 radical (unpaired) electrons. The molecule has 9 nitrogen and oxygen atoms in total. The van der Waals surface area contributed by atoms with Crippen molar-refractivity contribution >= 4 is 41.0 Å². The van der Waals surface area contributed by atoms with E-state index in [1.54, 1.807) is 57.2 Å². The molecule has 0 bridgehead atoms. The SMILES string of the molecule is CCOc1ccc([C@@H]2C(C(=O)OC(C)C)=C(C)N=c3s/c(=C/c4ccc(-c5ccc(Cl)c(C(=O)OC)c5)o4)c(=O)n32)cc1. The van der Waals surface area contributed by atoms with Crippen molar-refractivity contribution < 1.29 is 28.2 Å². The van der Waals surface area contributed by atoms with Crippen molar-refractivity contribution in [3.63, 3.8) is 0 Å². The quantitative estimate of drug-likeness (QED) is 0.246. The molecule has 0 spiro atoms. The molecular weight excluding hydrogens is 592 g/mol. The number of furan rings is 1. The summed E-state index contributed by atoms with van der Waals surface area (Å²) in [7, 11) is 1.28. The zero-order chi connectivity index (χ0) is 30.8. The molecule has 4 aromatic rings. The summed E-state index contributed by atoms with van der Waals surface area (Å²) in [4.78, 5) is 44.4. The van der Waals surface area contributed by atoms with Crippen molar-refractivity contribution in [3.05, 3.63) is 107 Å². The molecule has 1 aliphatic heterocycles. The minimum Gasteiger partial charge on any atom is -0.494 e. The molecular formula is C32H29ClN2O7S. The lowest BCUT2D eigenvalue weighted by Gasteiger charge is -2.25. The Bertz CT molecular complexity index is 1920. The van der Waals surface area contributed by atoms with Crippen LogP contribution in [0.5, 0.6) is 5.75 Å². The molecule has 0 saturated heterocycles. The predicted octanol–water partition coefficient (Wildman–Crippen LogP) is 5.29. The van der Waals surface area contributed by atoms with Gasteiger partial charge in [0.1, 0.15) is 17.3 Å². The zero-order valence-corrected chi connectivity index (χ0v) is 25.7. The van der Waals surface area contributed by atoms with Gasteiger partial charge >= 0.3 is 11.9 Å². The van der Waals surface area contributed by atoms with Crippen molar-refractivity contribution in [2.75, 3.05) is 13.7 Å². The Morgan fingerprint density at radius 3 is 2.53 bits per heavy atom. The van der Waals surface area contributed by atoms with E-state index in [1.807, 2.05) is 31.2 Å². The number of carbonyl (C=O) groups excluding carboxylic acids is 2. The van der Waals surface area contributed by atoms with E-state index in [2.05, 4.69) is 4.99 Å². The normalized spacial score (nSPS) is 14.9. The molecule has 222 valence electrons. The van der Waals surface area contributed by atoms with Gasteiger partial charge in [-0.3, -0.25) is 9.36 Å². The summed E-state index contributed by atoms with van der Waals surface area (Å²) in [6.07, 6.45) is 1.28. The van der Waals surface area contributed by atoms with Crippen LogP contribution in [0.3, 0.4) is 0 Å². The summed E-state index contributed by atoms with van der Waals surface area (Å²) in [5.74, 6) is 0.479. The fraction of sp³-hybridized carbons (Fsp3) is 0.250. The minimum atomic E-state index is -0.752. The van der Waals surface area contributed by atoms with Crippen LogP contribution in [0.25, 0.3) is 17.4 Å². The van der Waals surface area contributed by atoms with Gasteiger partial charge in [-0.25, -0.2) is 14.6 Å². The van der Waals surface area contributed by atoms with Crippen LogP contribution in [0.15, 0.2) is 80.1 Å². The largest absolute Gasteiger partial charge is 0.494 e. The van der Waals surface area contributed by atoms with Crippen LogP contribution >= 0.6 is 22.9 Å². The molecule has 0 unspecified atom stereocenters.